The van der Waals surface area contributed by atoms with Crippen molar-refractivity contribution < 1.29 is 18.0 Å². The number of hydrazone groups is 1. The summed E-state index contributed by atoms with van der Waals surface area (Å²) in [4.78, 5) is 25.7. The average Bonchev–Trinajstić information content (AvgIpc) is 2.96. The van der Waals surface area contributed by atoms with E-state index in [0.29, 0.717) is 33.2 Å². The maximum atomic E-state index is 13.7. The van der Waals surface area contributed by atoms with Gasteiger partial charge in [-0.25, -0.2) is 13.8 Å². The minimum Gasteiger partial charge on any atom is -0.322 e. The predicted molar refractivity (Wildman–Crippen MR) is 168 cm³/mol. The molecule has 0 aromatic heterocycles. The minimum absolute atomic E-state index is 0.0791. The highest BCUT2D eigenvalue weighted by atomic mass is 35.5. The van der Waals surface area contributed by atoms with Gasteiger partial charge >= 0.3 is 0 Å². The van der Waals surface area contributed by atoms with Crippen LogP contribution in [0.4, 0.5) is 11.4 Å². The van der Waals surface area contributed by atoms with Crippen LogP contribution in [0.15, 0.2) is 101 Å². The molecule has 0 saturated carbocycles. The number of benzene rings is 4. The predicted octanol–water partition coefficient (Wildman–Crippen LogP) is 6.25. The third-order valence-electron chi connectivity index (χ3n) is 6.65. The Balaban J connectivity index is 1.52. The lowest BCUT2D eigenvalue weighted by molar-refractivity contribution is -0.119. The number of hydrogen-bond acceptors (Lipinski definition) is 5. The van der Waals surface area contributed by atoms with Gasteiger partial charge in [-0.2, -0.15) is 5.10 Å². The van der Waals surface area contributed by atoms with E-state index in [0.717, 1.165) is 21.0 Å². The third-order valence-corrected chi connectivity index (χ3v) is 8.67. The fraction of sp³-hybridized carbons (Fsp3) is 0.156. The first kappa shape index (κ1) is 30.5. The number of sulfonamides is 1. The number of carbonyl (C=O) groups excluding carboxylic acids is 2. The minimum atomic E-state index is -4.05. The van der Waals surface area contributed by atoms with Crippen LogP contribution >= 0.6 is 11.6 Å². The quantitative estimate of drug-likeness (QED) is 0.174. The molecule has 0 saturated heterocycles. The Morgan fingerprint density at radius 3 is 2.21 bits per heavy atom. The van der Waals surface area contributed by atoms with Gasteiger partial charge < -0.3 is 5.32 Å². The lowest BCUT2D eigenvalue weighted by Gasteiger charge is -2.24. The summed E-state index contributed by atoms with van der Waals surface area (Å²) in [6, 6.07) is 25.3. The highest BCUT2D eigenvalue weighted by molar-refractivity contribution is 7.92. The molecule has 0 unspecified atom stereocenters. The molecule has 4 aromatic rings. The van der Waals surface area contributed by atoms with E-state index in [4.69, 9.17) is 11.6 Å². The molecule has 0 aliphatic rings. The first-order valence-electron chi connectivity index (χ1n) is 13.1. The zero-order chi connectivity index (χ0) is 30.4. The van der Waals surface area contributed by atoms with Gasteiger partial charge in [0, 0.05) is 16.3 Å². The van der Waals surface area contributed by atoms with E-state index in [2.05, 4.69) is 15.8 Å². The molecule has 0 aliphatic heterocycles. The van der Waals surface area contributed by atoms with Crippen LogP contribution < -0.4 is 15.0 Å². The van der Waals surface area contributed by atoms with Gasteiger partial charge in [0.2, 0.25) is 0 Å². The Labute approximate surface area is 251 Å². The van der Waals surface area contributed by atoms with Gasteiger partial charge in [-0.15, -0.1) is 0 Å². The summed E-state index contributed by atoms with van der Waals surface area (Å²) in [5, 5.41) is 7.47. The number of carbonyl (C=O) groups is 2. The molecule has 8 nitrogen and oxygen atoms in total. The molecule has 216 valence electrons. The molecule has 0 fully saturated rings. The Kier molecular flexibility index (Phi) is 9.45. The molecule has 42 heavy (non-hydrogen) atoms. The fourth-order valence-electron chi connectivity index (χ4n) is 4.06. The summed E-state index contributed by atoms with van der Waals surface area (Å²) in [6.07, 6.45) is 0. The first-order chi connectivity index (χ1) is 19.9. The summed E-state index contributed by atoms with van der Waals surface area (Å²) in [5.74, 6) is -0.938. The van der Waals surface area contributed by atoms with Crippen LogP contribution in [0.25, 0.3) is 0 Å². The number of aryl methyl sites for hydroxylation is 3. The van der Waals surface area contributed by atoms with Crippen molar-refractivity contribution >= 4 is 50.5 Å². The summed E-state index contributed by atoms with van der Waals surface area (Å²) in [6.45, 7) is 6.90. The van der Waals surface area contributed by atoms with Crippen molar-refractivity contribution in [2.45, 2.75) is 32.6 Å². The van der Waals surface area contributed by atoms with Gasteiger partial charge in [-0.3, -0.25) is 13.9 Å². The molecular formula is C32H31ClN4O4S. The summed E-state index contributed by atoms with van der Waals surface area (Å²) in [7, 11) is -4.05. The highest BCUT2D eigenvalue weighted by Crippen LogP contribution is 2.26. The van der Waals surface area contributed by atoms with Crippen molar-refractivity contribution in [1.82, 2.24) is 5.43 Å². The van der Waals surface area contributed by atoms with Crippen molar-refractivity contribution in [1.29, 1.82) is 0 Å². The third kappa shape index (κ3) is 7.43. The summed E-state index contributed by atoms with van der Waals surface area (Å²) in [5.41, 5.74) is 7.72. The van der Waals surface area contributed by atoms with E-state index in [-0.39, 0.29) is 10.8 Å². The van der Waals surface area contributed by atoms with E-state index in [1.807, 2.05) is 26.8 Å². The molecule has 4 aromatic carbocycles. The summed E-state index contributed by atoms with van der Waals surface area (Å²) >= 11 is 5.99. The second-order valence-corrected chi connectivity index (χ2v) is 12.2. The highest BCUT2D eigenvalue weighted by Gasteiger charge is 2.27. The second-order valence-electron chi connectivity index (χ2n) is 9.87. The second kappa shape index (κ2) is 13.0. The molecule has 4 rings (SSSR count). The molecule has 10 heteroatoms. The number of halogens is 1. The maximum Gasteiger partial charge on any atom is 0.264 e. The topological polar surface area (TPSA) is 108 Å². The zero-order valence-electron chi connectivity index (χ0n) is 23.7. The number of nitrogens with zero attached hydrogens (tertiary/aromatic N) is 2. The molecule has 0 aliphatic carbocycles. The number of anilines is 2. The van der Waals surface area contributed by atoms with Crippen LogP contribution in [0.5, 0.6) is 0 Å². The van der Waals surface area contributed by atoms with Gasteiger partial charge in [0.05, 0.1) is 16.3 Å². The molecule has 2 amide bonds. The van der Waals surface area contributed by atoms with Crippen LogP contribution in [0, 0.1) is 20.8 Å². The van der Waals surface area contributed by atoms with Gasteiger partial charge in [0.25, 0.3) is 21.8 Å². The van der Waals surface area contributed by atoms with Crippen molar-refractivity contribution in [2.24, 2.45) is 5.10 Å². The fourth-order valence-corrected chi connectivity index (χ4v) is 5.67. The van der Waals surface area contributed by atoms with E-state index < -0.39 is 22.5 Å². The number of nitrogens with one attached hydrogen (secondary N) is 2. The lowest BCUT2D eigenvalue weighted by atomic mass is 10.1. The number of hydrogen-bond donors (Lipinski definition) is 2. The Bertz CT molecular complexity index is 1770. The molecule has 0 spiro atoms. The lowest BCUT2D eigenvalue weighted by Crippen LogP contribution is -2.39. The van der Waals surface area contributed by atoms with Crippen molar-refractivity contribution in [2.75, 3.05) is 16.2 Å². The van der Waals surface area contributed by atoms with Crippen molar-refractivity contribution in [3.63, 3.8) is 0 Å². The van der Waals surface area contributed by atoms with Crippen LogP contribution in [0.3, 0.4) is 0 Å². The first-order valence-corrected chi connectivity index (χ1v) is 14.9. The van der Waals surface area contributed by atoms with Crippen LogP contribution in [0.1, 0.15) is 39.5 Å². The monoisotopic (exact) mass is 602 g/mol. The molecule has 0 radical (unpaired) electrons. The average molecular weight is 603 g/mol. The van der Waals surface area contributed by atoms with Crippen LogP contribution in [-0.4, -0.2) is 32.5 Å². The molecule has 0 heterocycles. The van der Waals surface area contributed by atoms with Crippen LogP contribution in [0.2, 0.25) is 5.02 Å². The number of amides is 2. The standard InChI is InChI=1S/C32H31ClN4O4S/c1-21-11-15-30(16-12-21)42(40,41)37(29-14-13-22(2)23(3)17-29)20-31(38)36-35-24(4)25-7-6-10-28(19-25)34-32(39)26-8-5-9-27(33)18-26/h5-19H,20H2,1-4H3,(H,34,39)(H,36,38)/b35-24-. The van der Waals surface area contributed by atoms with Gasteiger partial charge in [-0.1, -0.05) is 53.6 Å². The largest absolute Gasteiger partial charge is 0.322 e. The van der Waals surface area contributed by atoms with E-state index in [9.17, 15) is 18.0 Å². The Hall–Kier alpha value is -4.47. The molecule has 2 N–H and O–H groups in total. The Morgan fingerprint density at radius 2 is 1.52 bits per heavy atom. The van der Waals surface area contributed by atoms with Gasteiger partial charge in [-0.05, 0) is 99.0 Å². The van der Waals surface area contributed by atoms with E-state index in [1.165, 1.54) is 12.1 Å². The Morgan fingerprint density at radius 1 is 0.833 bits per heavy atom. The van der Waals surface area contributed by atoms with Crippen molar-refractivity contribution in [3.8, 4) is 0 Å². The van der Waals surface area contributed by atoms with Gasteiger partial charge in [0.15, 0.2) is 0 Å². The van der Waals surface area contributed by atoms with E-state index in [1.54, 1.807) is 79.7 Å². The number of rotatable bonds is 9. The normalized spacial score (nSPS) is 11.6. The zero-order valence-corrected chi connectivity index (χ0v) is 25.3. The van der Waals surface area contributed by atoms with Crippen LogP contribution in [-0.2, 0) is 14.8 Å². The van der Waals surface area contributed by atoms with Gasteiger partial charge in [0.1, 0.15) is 6.54 Å². The van der Waals surface area contributed by atoms with E-state index >= 15 is 0 Å². The summed E-state index contributed by atoms with van der Waals surface area (Å²) < 4.78 is 28.4. The maximum absolute atomic E-state index is 13.7. The molecule has 0 atom stereocenters. The SMILES string of the molecule is C/C(=N/NC(=O)CN(c1ccc(C)c(C)c1)S(=O)(=O)c1ccc(C)cc1)c1cccc(NC(=O)c2cccc(Cl)c2)c1. The molecular weight excluding hydrogens is 572 g/mol. The molecule has 0 bridgehead atoms. The van der Waals surface area contributed by atoms with Crippen molar-refractivity contribution in [3.05, 3.63) is 124 Å². The smallest absolute Gasteiger partial charge is 0.264 e.